The number of carboxylic acid groups (broad SMARTS) is 1. The van der Waals surface area contributed by atoms with Crippen molar-refractivity contribution in [3.8, 4) is 0 Å². The van der Waals surface area contributed by atoms with E-state index in [1.165, 1.54) is 0 Å². The van der Waals surface area contributed by atoms with Crippen LogP contribution in [0, 0.1) is 6.92 Å². The molecule has 0 atom stereocenters. The first-order valence-corrected chi connectivity index (χ1v) is 6.56. The first-order valence-electron chi connectivity index (χ1n) is 5.61. The van der Waals surface area contributed by atoms with Crippen LogP contribution in [0.1, 0.15) is 21.6 Å². The highest BCUT2D eigenvalue weighted by Crippen LogP contribution is 2.17. The second-order valence-electron chi connectivity index (χ2n) is 4.01. The molecule has 0 aliphatic carbocycles. The third-order valence-corrected chi connectivity index (χ3v) is 3.22. The molecule has 2 rings (SSSR count). The minimum Gasteiger partial charge on any atom is -0.478 e. The summed E-state index contributed by atoms with van der Waals surface area (Å²) in [5, 5.41) is 14.3. The zero-order valence-corrected chi connectivity index (χ0v) is 10.8. The molecular weight excluding hydrogens is 248 g/mol. The van der Waals surface area contributed by atoms with Crippen LogP contribution in [0.2, 0.25) is 0 Å². The lowest BCUT2D eigenvalue weighted by Gasteiger charge is -2.09. The average Bonchev–Trinajstić information content (AvgIpc) is 2.84. The first kappa shape index (κ1) is 12.6. The summed E-state index contributed by atoms with van der Waals surface area (Å²) in [5.41, 5.74) is 4.73. The molecule has 2 aromatic rings. The van der Waals surface area contributed by atoms with Gasteiger partial charge in [0.1, 0.15) is 0 Å². The number of nitrogens with one attached hydrogen (secondary N) is 1. The predicted molar refractivity (Wildman–Crippen MR) is 72.4 cm³/mol. The van der Waals surface area contributed by atoms with Gasteiger partial charge in [-0.1, -0.05) is 11.6 Å². The SMILES string of the molecule is Cc1ccc(NCCc2cscn2)c(C(=O)O)c1. The third kappa shape index (κ3) is 3.07. The van der Waals surface area contributed by atoms with Crippen LogP contribution in [-0.4, -0.2) is 22.6 Å². The number of hydrogen-bond donors (Lipinski definition) is 2. The quantitative estimate of drug-likeness (QED) is 0.869. The van der Waals surface area contributed by atoms with Gasteiger partial charge in [0.05, 0.1) is 16.8 Å². The van der Waals surface area contributed by atoms with E-state index in [2.05, 4.69) is 10.3 Å². The van der Waals surface area contributed by atoms with Crippen LogP contribution < -0.4 is 5.32 Å². The number of carboxylic acids is 1. The van der Waals surface area contributed by atoms with Gasteiger partial charge in [-0.25, -0.2) is 9.78 Å². The first-order chi connectivity index (χ1) is 8.66. The van der Waals surface area contributed by atoms with Gasteiger partial charge in [0.25, 0.3) is 0 Å². The Morgan fingerprint density at radius 1 is 1.50 bits per heavy atom. The molecular formula is C13H14N2O2S. The standard InChI is InChI=1S/C13H14N2O2S/c1-9-2-3-12(11(6-9)13(16)17)14-5-4-10-7-18-8-15-10/h2-3,6-8,14H,4-5H2,1H3,(H,16,17). The molecule has 0 saturated heterocycles. The number of nitrogens with zero attached hydrogens (tertiary/aromatic N) is 1. The molecule has 0 aliphatic heterocycles. The Balaban J connectivity index is 2.02. The van der Waals surface area contributed by atoms with Crippen LogP contribution in [0.3, 0.4) is 0 Å². The third-order valence-electron chi connectivity index (χ3n) is 2.59. The smallest absolute Gasteiger partial charge is 0.337 e. The molecule has 0 unspecified atom stereocenters. The lowest BCUT2D eigenvalue weighted by atomic mass is 10.1. The van der Waals surface area contributed by atoms with Gasteiger partial charge in [-0.15, -0.1) is 11.3 Å². The maximum absolute atomic E-state index is 11.1. The summed E-state index contributed by atoms with van der Waals surface area (Å²) in [6.07, 6.45) is 0.788. The molecule has 0 spiro atoms. The zero-order valence-electron chi connectivity index (χ0n) is 10.0. The van der Waals surface area contributed by atoms with Crippen LogP contribution in [-0.2, 0) is 6.42 Å². The summed E-state index contributed by atoms with van der Waals surface area (Å²) in [5.74, 6) is -0.908. The Morgan fingerprint density at radius 3 is 3.00 bits per heavy atom. The lowest BCUT2D eigenvalue weighted by Crippen LogP contribution is -2.09. The normalized spacial score (nSPS) is 10.3. The molecule has 2 N–H and O–H groups in total. The zero-order chi connectivity index (χ0) is 13.0. The topological polar surface area (TPSA) is 62.2 Å². The maximum atomic E-state index is 11.1. The number of aromatic nitrogens is 1. The van der Waals surface area contributed by atoms with Crippen molar-refractivity contribution in [2.75, 3.05) is 11.9 Å². The molecule has 0 aliphatic rings. The number of aryl methyl sites for hydroxylation is 1. The van der Waals surface area contributed by atoms with Crippen molar-refractivity contribution in [3.63, 3.8) is 0 Å². The highest BCUT2D eigenvalue weighted by molar-refractivity contribution is 7.07. The van der Waals surface area contributed by atoms with Crippen LogP contribution in [0.5, 0.6) is 0 Å². The summed E-state index contributed by atoms with van der Waals surface area (Å²) in [6.45, 7) is 2.55. The Morgan fingerprint density at radius 2 is 2.33 bits per heavy atom. The fourth-order valence-corrected chi connectivity index (χ4v) is 2.27. The molecule has 0 fully saturated rings. The van der Waals surface area contributed by atoms with E-state index in [0.29, 0.717) is 17.8 Å². The van der Waals surface area contributed by atoms with Crippen LogP contribution in [0.25, 0.3) is 0 Å². The number of aromatic carboxylic acids is 1. The Kier molecular flexibility index (Phi) is 3.94. The average molecular weight is 262 g/mol. The molecule has 0 amide bonds. The molecule has 1 heterocycles. The molecule has 1 aromatic carbocycles. The molecule has 94 valence electrons. The van der Waals surface area contributed by atoms with Crippen molar-refractivity contribution in [1.82, 2.24) is 4.98 Å². The van der Waals surface area contributed by atoms with E-state index in [9.17, 15) is 4.79 Å². The van der Waals surface area contributed by atoms with E-state index in [1.807, 2.05) is 18.4 Å². The Labute approximate surface area is 109 Å². The van der Waals surface area contributed by atoms with Crippen molar-refractivity contribution in [3.05, 3.63) is 45.9 Å². The van der Waals surface area contributed by atoms with Gasteiger partial charge >= 0.3 is 5.97 Å². The summed E-state index contributed by atoms with van der Waals surface area (Å²) < 4.78 is 0. The predicted octanol–water partition coefficient (Wildman–Crippen LogP) is 2.80. The highest BCUT2D eigenvalue weighted by atomic mass is 32.1. The molecule has 0 radical (unpaired) electrons. The van der Waals surface area contributed by atoms with E-state index >= 15 is 0 Å². The number of carbonyl (C=O) groups is 1. The van der Waals surface area contributed by atoms with E-state index in [4.69, 9.17) is 5.11 Å². The van der Waals surface area contributed by atoms with Crippen LogP contribution in [0.4, 0.5) is 5.69 Å². The van der Waals surface area contributed by atoms with Gasteiger partial charge in [-0.2, -0.15) is 0 Å². The van der Waals surface area contributed by atoms with Gasteiger partial charge in [-0.3, -0.25) is 0 Å². The molecule has 0 saturated carbocycles. The number of benzene rings is 1. The second-order valence-corrected chi connectivity index (χ2v) is 4.73. The van der Waals surface area contributed by atoms with Gasteiger partial charge in [0.15, 0.2) is 0 Å². The van der Waals surface area contributed by atoms with Crippen molar-refractivity contribution in [1.29, 1.82) is 0 Å². The fraction of sp³-hybridized carbons (Fsp3) is 0.231. The van der Waals surface area contributed by atoms with Gasteiger partial charge < -0.3 is 10.4 Å². The van der Waals surface area contributed by atoms with Crippen molar-refractivity contribution >= 4 is 23.0 Å². The number of rotatable bonds is 5. The monoisotopic (exact) mass is 262 g/mol. The Bertz CT molecular complexity index is 538. The molecule has 0 bridgehead atoms. The summed E-state index contributed by atoms with van der Waals surface area (Å²) in [4.78, 5) is 15.3. The van der Waals surface area contributed by atoms with Gasteiger partial charge in [-0.05, 0) is 19.1 Å². The number of anilines is 1. The summed E-state index contributed by atoms with van der Waals surface area (Å²) in [6, 6.07) is 5.38. The van der Waals surface area contributed by atoms with E-state index in [1.54, 1.807) is 29.0 Å². The van der Waals surface area contributed by atoms with E-state index < -0.39 is 5.97 Å². The fourth-order valence-electron chi connectivity index (χ4n) is 1.68. The minimum atomic E-state index is -0.908. The van der Waals surface area contributed by atoms with Gasteiger partial charge in [0, 0.05) is 24.0 Å². The van der Waals surface area contributed by atoms with Crippen molar-refractivity contribution in [2.45, 2.75) is 13.3 Å². The number of thiazole rings is 1. The summed E-state index contributed by atoms with van der Waals surface area (Å²) in [7, 11) is 0. The lowest BCUT2D eigenvalue weighted by molar-refractivity contribution is 0.0698. The van der Waals surface area contributed by atoms with Crippen molar-refractivity contribution in [2.24, 2.45) is 0 Å². The van der Waals surface area contributed by atoms with Crippen molar-refractivity contribution < 1.29 is 9.90 Å². The highest BCUT2D eigenvalue weighted by Gasteiger charge is 2.09. The van der Waals surface area contributed by atoms with Crippen LogP contribution in [0.15, 0.2) is 29.1 Å². The maximum Gasteiger partial charge on any atom is 0.337 e. The Hall–Kier alpha value is -1.88. The second kappa shape index (κ2) is 5.64. The summed E-state index contributed by atoms with van der Waals surface area (Å²) >= 11 is 1.56. The number of hydrogen-bond acceptors (Lipinski definition) is 4. The minimum absolute atomic E-state index is 0.313. The van der Waals surface area contributed by atoms with Crippen LogP contribution >= 0.6 is 11.3 Å². The molecule has 1 aromatic heterocycles. The molecule has 4 nitrogen and oxygen atoms in total. The van der Waals surface area contributed by atoms with Gasteiger partial charge in [0.2, 0.25) is 0 Å². The van der Waals surface area contributed by atoms with E-state index in [0.717, 1.165) is 17.7 Å². The molecule has 5 heteroatoms. The van der Waals surface area contributed by atoms with E-state index in [-0.39, 0.29) is 0 Å². The largest absolute Gasteiger partial charge is 0.478 e. The molecule has 18 heavy (non-hydrogen) atoms.